The lowest BCUT2D eigenvalue weighted by molar-refractivity contribution is 0.0520. The minimum absolute atomic E-state index is 0.221. The molecule has 1 heterocycles. The molecule has 100 valence electrons. The number of H-pyrrole nitrogens is 1. The molecule has 1 N–H and O–H groups in total. The Morgan fingerprint density at radius 3 is 2.53 bits per heavy atom. The predicted octanol–water partition coefficient (Wildman–Crippen LogP) is 2.77. The Kier molecular flexibility index (Phi) is 3.94. The lowest BCUT2D eigenvalue weighted by atomic mass is 10.0. The number of esters is 1. The Labute approximate surface area is 112 Å². The number of hydrogen-bond donors (Lipinski definition) is 1. The maximum Gasteiger partial charge on any atom is 0.361 e. The molecule has 0 atom stereocenters. The van der Waals surface area contributed by atoms with E-state index in [2.05, 4.69) is 29.3 Å². The second-order valence-electron chi connectivity index (χ2n) is 4.52. The largest absolute Gasteiger partial charge is 0.461 e. The van der Waals surface area contributed by atoms with Crippen LogP contribution in [-0.4, -0.2) is 28.0 Å². The summed E-state index contributed by atoms with van der Waals surface area (Å²) in [4.78, 5) is 11.7. The zero-order valence-corrected chi connectivity index (χ0v) is 11.3. The zero-order valence-electron chi connectivity index (χ0n) is 11.3. The van der Waals surface area contributed by atoms with Crippen LogP contribution in [0.25, 0.3) is 11.3 Å². The van der Waals surface area contributed by atoms with Crippen molar-refractivity contribution in [3.63, 3.8) is 0 Å². The van der Waals surface area contributed by atoms with Gasteiger partial charge in [0.05, 0.1) is 6.61 Å². The van der Waals surface area contributed by atoms with Gasteiger partial charge in [0.1, 0.15) is 5.69 Å². The highest BCUT2D eigenvalue weighted by Crippen LogP contribution is 2.23. The molecule has 0 saturated heterocycles. The summed E-state index contributed by atoms with van der Waals surface area (Å²) in [6, 6.07) is 7.94. The molecular formula is C14H17N3O2. The van der Waals surface area contributed by atoms with E-state index in [4.69, 9.17) is 4.74 Å². The van der Waals surface area contributed by atoms with Gasteiger partial charge in [0.15, 0.2) is 5.69 Å². The van der Waals surface area contributed by atoms with Crippen LogP contribution in [0.3, 0.4) is 0 Å². The molecule has 0 aliphatic rings. The summed E-state index contributed by atoms with van der Waals surface area (Å²) in [5.74, 6) is 0.00933. The Balaban J connectivity index is 2.32. The van der Waals surface area contributed by atoms with Gasteiger partial charge in [0.2, 0.25) is 0 Å². The first-order chi connectivity index (χ1) is 9.13. The van der Waals surface area contributed by atoms with Crippen molar-refractivity contribution in [2.75, 3.05) is 6.61 Å². The molecule has 5 heteroatoms. The van der Waals surface area contributed by atoms with Crippen molar-refractivity contribution in [1.82, 2.24) is 15.4 Å². The van der Waals surface area contributed by atoms with E-state index in [-0.39, 0.29) is 5.69 Å². The molecule has 1 aromatic carbocycles. The number of carbonyl (C=O) groups is 1. The van der Waals surface area contributed by atoms with Gasteiger partial charge in [0, 0.05) is 5.56 Å². The van der Waals surface area contributed by atoms with Gasteiger partial charge in [-0.3, -0.25) is 0 Å². The third-order valence-corrected chi connectivity index (χ3v) is 2.87. The van der Waals surface area contributed by atoms with Crippen LogP contribution in [0.5, 0.6) is 0 Å². The highest BCUT2D eigenvalue weighted by atomic mass is 16.5. The van der Waals surface area contributed by atoms with Gasteiger partial charge < -0.3 is 4.74 Å². The summed E-state index contributed by atoms with van der Waals surface area (Å²) in [6.07, 6.45) is 0. The van der Waals surface area contributed by atoms with Gasteiger partial charge in [-0.2, -0.15) is 10.3 Å². The van der Waals surface area contributed by atoms with Crippen LogP contribution in [0.15, 0.2) is 24.3 Å². The molecule has 0 aliphatic carbocycles. The van der Waals surface area contributed by atoms with Gasteiger partial charge >= 0.3 is 5.97 Å². The van der Waals surface area contributed by atoms with E-state index in [0.717, 1.165) is 5.56 Å². The number of aromatic amines is 1. The van der Waals surface area contributed by atoms with Crippen LogP contribution in [0.1, 0.15) is 42.7 Å². The molecule has 0 bridgehead atoms. The minimum atomic E-state index is -0.459. The van der Waals surface area contributed by atoms with Crippen LogP contribution >= 0.6 is 0 Å². The van der Waals surface area contributed by atoms with Crippen molar-refractivity contribution < 1.29 is 9.53 Å². The standard InChI is InChI=1S/C14H17N3O2/c1-4-19-14(18)13-12(15-17-16-13)11-7-5-10(6-8-11)9(2)3/h5-9H,4H2,1-3H3,(H,15,16,17). The number of carbonyl (C=O) groups excluding carboxylic acids is 1. The Hall–Kier alpha value is -2.17. The van der Waals surface area contributed by atoms with E-state index in [0.29, 0.717) is 18.2 Å². The van der Waals surface area contributed by atoms with Crippen molar-refractivity contribution >= 4 is 5.97 Å². The number of benzene rings is 1. The lowest BCUT2D eigenvalue weighted by Crippen LogP contribution is -2.06. The molecule has 0 saturated carbocycles. The molecule has 0 unspecified atom stereocenters. The van der Waals surface area contributed by atoms with E-state index < -0.39 is 5.97 Å². The summed E-state index contributed by atoms with van der Waals surface area (Å²) in [5, 5.41) is 10.4. The molecule has 19 heavy (non-hydrogen) atoms. The number of hydrogen-bond acceptors (Lipinski definition) is 4. The number of rotatable bonds is 4. The number of ether oxygens (including phenoxy) is 1. The third-order valence-electron chi connectivity index (χ3n) is 2.87. The number of aromatic nitrogens is 3. The summed E-state index contributed by atoms with van der Waals surface area (Å²) in [7, 11) is 0. The molecule has 0 spiro atoms. The van der Waals surface area contributed by atoms with Crippen molar-refractivity contribution in [3.05, 3.63) is 35.5 Å². The van der Waals surface area contributed by atoms with Crippen molar-refractivity contribution in [2.24, 2.45) is 0 Å². The van der Waals surface area contributed by atoms with Crippen LogP contribution in [0.2, 0.25) is 0 Å². The third kappa shape index (κ3) is 2.81. The summed E-state index contributed by atoms with van der Waals surface area (Å²) in [5.41, 5.74) is 2.83. The van der Waals surface area contributed by atoms with E-state index in [1.807, 2.05) is 24.3 Å². The number of nitrogens with zero attached hydrogens (tertiary/aromatic N) is 2. The molecule has 2 aromatic rings. The van der Waals surface area contributed by atoms with E-state index in [9.17, 15) is 4.79 Å². The van der Waals surface area contributed by atoms with Gasteiger partial charge in [-0.25, -0.2) is 4.79 Å². The first kappa shape index (κ1) is 13.3. The van der Waals surface area contributed by atoms with Crippen LogP contribution < -0.4 is 0 Å². The Bertz CT molecular complexity index is 558. The quantitative estimate of drug-likeness (QED) is 0.857. The van der Waals surface area contributed by atoms with Crippen LogP contribution in [0, 0.1) is 0 Å². The fourth-order valence-electron chi connectivity index (χ4n) is 1.80. The summed E-state index contributed by atoms with van der Waals surface area (Å²) < 4.78 is 4.95. The second kappa shape index (κ2) is 5.65. The molecule has 0 amide bonds. The molecular weight excluding hydrogens is 242 g/mol. The normalized spacial score (nSPS) is 10.7. The SMILES string of the molecule is CCOC(=O)c1n[nH]nc1-c1ccc(C(C)C)cc1. The highest BCUT2D eigenvalue weighted by Gasteiger charge is 2.18. The second-order valence-corrected chi connectivity index (χ2v) is 4.52. The highest BCUT2D eigenvalue weighted by molar-refractivity contribution is 5.93. The Morgan fingerprint density at radius 2 is 1.95 bits per heavy atom. The maximum atomic E-state index is 11.7. The molecule has 0 fully saturated rings. The fourth-order valence-corrected chi connectivity index (χ4v) is 1.80. The average molecular weight is 259 g/mol. The van der Waals surface area contributed by atoms with Gasteiger partial charge in [0.25, 0.3) is 0 Å². The smallest absolute Gasteiger partial charge is 0.361 e. The molecule has 0 radical (unpaired) electrons. The van der Waals surface area contributed by atoms with Gasteiger partial charge in [-0.1, -0.05) is 38.1 Å². The number of nitrogens with one attached hydrogen (secondary N) is 1. The van der Waals surface area contributed by atoms with E-state index >= 15 is 0 Å². The van der Waals surface area contributed by atoms with Crippen molar-refractivity contribution in [3.8, 4) is 11.3 Å². The molecule has 1 aromatic heterocycles. The molecule has 0 aliphatic heterocycles. The minimum Gasteiger partial charge on any atom is -0.461 e. The zero-order chi connectivity index (χ0) is 13.8. The first-order valence-electron chi connectivity index (χ1n) is 6.31. The average Bonchev–Trinajstić information content (AvgIpc) is 2.88. The Morgan fingerprint density at radius 1 is 1.26 bits per heavy atom. The van der Waals surface area contributed by atoms with Crippen molar-refractivity contribution in [2.45, 2.75) is 26.7 Å². The predicted molar refractivity (Wildman–Crippen MR) is 71.9 cm³/mol. The molecule has 2 rings (SSSR count). The monoisotopic (exact) mass is 259 g/mol. The summed E-state index contributed by atoms with van der Waals surface area (Å²) in [6.45, 7) is 6.34. The van der Waals surface area contributed by atoms with Gasteiger partial charge in [-0.05, 0) is 18.4 Å². The topological polar surface area (TPSA) is 67.9 Å². The van der Waals surface area contributed by atoms with E-state index in [1.165, 1.54) is 5.56 Å². The summed E-state index contributed by atoms with van der Waals surface area (Å²) >= 11 is 0. The molecule has 5 nitrogen and oxygen atoms in total. The van der Waals surface area contributed by atoms with E-state index in [1.54, 1.807) is 6.92 Å². The van der Waals surface area contributed by atoms with Crippen molar-refractivity contribution in [1.29, 1.82) is 0 Å². The maximum absolute atomic E-state index is 11.7. The first-order valence-corrected chi connectivity index (χ1v) is 6.31. The van der Waals surface area contributed by atoms with Gasteiger partial charge in [-0.15, -0.1) is 5.10 Å². The lowest BCUT2D eigenvalue weighted by Gasteiger charge is -2.06. The fraction of sp³-hybridized carbons (Fsp3) is 0.357. The van der Waals surface area contributed by atoms with Crippen LogP contribution in [0.4, 0.5) is 0 Å². The van der Waals surface area contributed by atoms with Crippen LogP contribution in [-0.2, 0) is 4.74 Å².